The summed E-state index contributed by atoms with van der Waals surface area (Å²) in [6.45, 7) is 2.50. The van der Waals surface area contributed by atoms with E-state index < -0.39 is 0 Å². The first-order valence-electron chi connectivity index (χ1n) is 7.39. The van der Waals surface area contributed by atoms with Crippen LogP contribution in [0.3, 0.4) is 0 Å². The van der Waals surface area contributed by atoms with E-state index >= 15 is 0 Å². The fourth-order valence-electron chi connectivity index (χ4n) is 2.47. The molecule has 2 rings (SSSR count). The molecule has 1 aliphatic heterocycles. The second-order valence-electron chi connectivity index (χ2n) is 5.27. The summed E-state index contributed by atoms with van der Waals surface area (Å²) in [6, 6.07) is 8.10. The van der Waals surface area contributed by atoms with Gasteiger partial charge in [0.15, 0.2) is 5.96 Å². The van der Waals surface area contributed by atoms with Crippen LogP contribution >= 0.6 is 0 Å². The molecule has 1 saturated heterocycles. The van der Waals surface area contributed by atoms with Gasteiger partial charge in [0.1, 0.15) is 5.75 Å². The summed E-state index contributed by atoms with van der Waals surface area (Å²) in [5.41, 5.74) is 1.22. The standard InChI is InChI=1S/C16H25N3O2/c1-17-16(18-11-15-5-4-10-21-15)19(2)12-13-6-8-14(20-3)9-7-13/h6-9,15H,4-5,10-12H2,1-3H3,(H,17,18). The summed E-state index contributed by atoms with van der Waals surface area (Å²) >= 11 is 0. The zero-order valence-electron chi connectivity index (χ0n) is 13.1. The first-order valence-corrected chi connectivity index (χ1v) is 7.39. The van der Waals surface area contributed by atoms with Crippen LogP contribution in [0.2, 0.25) is 0 Å². The van der Waals surface area contributed by atoms with Crippen LogP contribution in [0.25, 0.3) is 0 Å². The molecule has 1 aliphatic rings. The highest BCUT2D eigenvalue weighted by molar-refractivity contribution is 5.79. The molecule has 1 heterocycles. The highest BCUT2D eigenvalue weighted by Gasteiger charge is 2.16. The monoisotopic (exact) mass is 291 g/mol. The van der Waals surface area contributed by atoms with Crippen molar-refractivity contribution in [3.8, 4) is 5.75 Å². The third-order valence-electron chi connectivity index (χ3n) is 3.66. The smallest absolute Gasteiger partial charge is 0.193 e. The maximum Gasteiger partial charge on any atom is 0.193 e. The van der Waals surface area contributed by atoms with Crippen LogP contribution < -0.4 is 10.1 Å². The van der Waals surface area contributed by atoms with Crippen LogP contribution in [0.5, 0.6) is 5.75 Å². The lowest BCUT2D eigenvalue weighted by Crippen LogP contribution is -2.41. The number of hydrogen-bond acceptors (Lipinski definition) is 3. The van der Waals surface area contributed by atoms with Gasteiger partial charge in [-0.05, 0) is 30.5 Å². The minimum atomic E-state index is 0.316. The van der Waals surface area contributed by atoms with Crippen LogP contribution in [0, 0.1) is 0 Å². The Balaban J connectivity index is 1.85. The van der Waals surface area contributed by atoms with E-state index in [1.165, 1.54) is 5.56 Å². The quantitative estimate of drug-likeness (QED) is 0.664. The van der Waals surface area contributed by atoms with Gasteiger partial charge in [-0.1, -0.05) is 12.1 Å². The van der Waals surface area contributed by atoms with E-state index in [4.69, 9.17) is 9.47 Å². The van der Waals surface area contributed by atoms with Crippen molar-refractivity contribution in [2.45, 2.75) is 25.5 Å². The minimum Gasteiger partial charge on any atom is -0.497 e. The molecule has 0 spiro atoms. The van der Waals surface area contributed by atoms with Gasteiger partial charge in [0, 0.05) is 33.8 Å². The van der Waals surface area contributed by atoms with Crippen LogP contribution in [0.1, 0.15) is 18.4 Å². The van der Waals surface area contributed by atoms with Crippen molar-refractivity contribution >= 4 is 5.96 Å². The van der Waals surface area contributed by atoms with Gasteiger partial charge in [-0.3, -0.25) is 4.99 Å². The average molecular weight is 291 g/mol. The Morgan fingerprint density at radius 2 is 2.19 bits per heavy atom. The molecule has 0 aromatic heterocycles. The van der Waals surface area contributed by atoms with E-state index in [9.17, 15) is 0 Å². The van der Waals surface area contributed by atoms with Gasteiger partial charge in [-0.25, -0.2) is 0 Å². The van der Waals surface area contributed by atoms with Crippen molar-refractivity contribution in [1.29, 1.82) is 0 Å². The zero-order chi connectivity index (χ0) is 15.1. The molecule has 1 N–H and O–H groups in total. The highest BCUT2D eigenvalue weighted by atomic mass is 16.5. The van der Waals surface area contributed by atoms with Gasteiger partial charge >= 0.3 is 0 Å². The van der Waals surface area contributed by atoms with Gasteiger partial charge in [0.2, 0.25) is 0 Å². The van der Waals surface area contributed by atoms with E-state index in [0.29, 0.717) is 6.10 Å². The molecule has 1 fully saturated rings. The Kier molecular flexibility index (Phi) is 5.87. The zero-order valence-corrected chi connectivity index (χ0v) is 13.1. The Labute approximate surface area is 127 Å². The maximum atomic E-state index is 5.62. The Morgan fingerprint density at radius 3 is 2.76 bits per heavy atom. The molecule has 1 atom stereocenters. The van der Waals surface area contributed by atoms with Gasteiger partial charge in [-0.15, -0.1) is 0 Å². The second-order valence-corrected chi connectivity index (χ2v) is 5.27. The fourth-order valence-corrected chi connectivity index (χ4v) is 2.47. The summed E-state index contributed by atoms with van der Waals surface area (Å²) in [4.78, 5) is 6.44. The van der Waals surface area contributed by atoms with Crippen LogP contribution in [-0.2, 0) is 11.3 Å². The molecule has 0 saturated carbocycles. The number of nitrogens with one attached hydrogen (secondary N) is 1. The molecule has 0 bridgehead atoms. The lowest BCUT2D eigenvalue weighted by Gasteiger charge is -2.23. The number of guanidine groups is 1. The summed E-state index contributed by atoms with van der Waals surface area (Å²) in [7, 11) is 5.52. The van der Waals surface area contributed by atoms with Crippen LogP contribution in [-0.4, -0.2) is 51.3 Å². The predicted molar refractivity (Wildman–Crippen MR) is 84.8 cm³/mol. The number of hydrogen-bond donors (Lipinski definition) is 1. The Morgan fingerprint density at radius 1 is 1.43 bits per heavy atom. The maximum absolute atomic E-state index is 5.62. The molecular weight excluding hydrogens is 266 g/mol. The number of benzene rings is 1. The van der Waals surface area contributed by atoms with Crippen molar-refractivity contribution in [2.75, 3.05) is 34.4 Å². The first kappa shape index (κ1) is 15.6. The summed E-state index contributed by atoms with van der Waals surface area (Å²) in [5.74, 6) is 1.77. The van der Waals surface area contributed by atoms with E-state index in [-0.39, 0.29) is 0 Å². The minimum absolute atomic E-state index is 0.316. The largest absolute Gasteiger partial charge is 0.497 e. The summed E-state index contributed by atoms with van der Waals surface area (Å²) in [6.07, 6.45) is 2.61. The SMILES string of the molecule is CN=C(NCC1CCCO1)N(C)Cc1ccc(OC)cc1. The third kappa shape index (κ3) is 4.63. The first-order chi connectivity index (χ1) is 10.2. The number of nitrogens with zero attached hydrogens (tertiary/aromatic N) is 2. The average Bonchev–Trinajstić information content (AvgIpc) is 3.02. The van der Waals surface area contributed by atoms with Crippen molar-refractivity contribution in [3.63, 3.8) is 0 Å². The molecule has 21 heavy (non-hydrogen) atoms. The molecule has 116 valence electrons. The van der Waals surface area contributed by atoms with Crippen LogP contribution in [0.15, 0.2) is 29.3 Å². The molecule has 1 unspecified atom stereocenters. The summed E-state index contributed by atoms with van der Waals surface area (Å²) in [5, 5.41) is 3.38. The molecular formula is C16H25N3O2. The summed E-state index contributed by atoms with van der Waals surface area (Å²) < 4.78 is 10.8. The van der Waals surface area contributed by atoms with Crippen molar-refractivity contribution in [2.24, 2.45) is 4.99 Å². The number of aliphatic imine (C=N–C) groups is 1. The normalized spacial score (nSPS) is 18.6. The van der Waals surface area contributed by atoms with E-state index in [1.807, 2.05) is 26.2 Å². The van der Waals surface area contributed by atoms with Crippen molar-refractivity contribution < 1.29 is 9.47 Å². The van der Waals surface area contributed by atoms with Gasteiger partial charge in [0.25, 0.3) is 0 Å². The second kappa shape index (κ2) is 7.88. The fraction of sp³-hybridized carbons (Fsp3) is 0.562. The molecule has 0 aliphatic carbocycles. The molecule has 0 radical (unpaired) electrons. The van der Waals surface area contributed by atoms with E-state index in [2.05, 4.69) is 27.3 Å². The van der Waals surface area contributed by atoms with Crippen LogP contribution in [0.4, 0.5) is 0 Å². The van der Waals surface area contributed by atoms with Crippen molar-refractivity contribution in [3.05, 3.63) is 29.8 Å². The van der Waals surface area contributed by atoms with Crippen molar-refractivity contribution in [1.82, 2.24) is 10.2 Å². The topological polar surface area (TPSA) is 46.1 Å². The molecule has 5 nitrogen and oxygen atoms in total. The Hall–Kier alpha value is -1.75. The van der Waals surface area contributed by atoms with Gasteiger partial charge in [0.05, 0.1) is 13.2 Å². The Bertz CT molecular complexity index is 453. The molecule has 0 amide bonds. The molecule has 1 aromatic rings. The van der Waals surface area contributed by atoms with Gasteiger partial charge < -0.3 is 19.7 Å². The number of methoxy groups -OCH3 is 1. The van der Waals surface area contributed by atoms with E-state index in [1.54, 1.807) is 7.11 Å². The van der Waals surface area contributed by atoms with E-state index in [0.717, 1.165) is 44.2 Å². The number of ether oxygens (including phenoxy) is 2. The lowest BCUT2D eigenvalue weighted by molar-refractivity contribution is 0.113. The highest BCUT2D eigenvalue weighted by Crippen LogP contribution is 2.13. The molecule has 1 aromatic carbocycles. The lowest BCUT2D eigenvalue weighted by atomic mass is 10.2. The predicted octanol–water partition coefficient (Wildman–Crippen LogP) is 1.88. The van der Waals surface area contributed by atoms with Gasteiger partial charge in [-0.2, -0.15) is 0 Å². The third-order valence-corrected chi connectivity index (χ3v) is 3.66. The number of rotatable bonds is 5. The molecule has 5 heteroatoms.